The van der Waals surface area contributed by atoms with Crippen LogP contribution in [0.4, 0.5) is 11.5 Å². The van der Waals surface area contributed by atoms with Gasteiger partial charge in [-0.1, -0.05) is 24.3 Å². The van der Waals surface area contributed by atoms with Gasteiger partial charge in [-0.2, -0.15) is 0 Å². The molecule has 220 valence electrons. The molecule has 1 saturated heterocycles. The maximum absolute atomic E-state index is 6.67. The standard InChI is InChI=1S/C33H44N4O4/c1-24(36-33-7-4-5-14-34-33)19-27-21-29(26-9-11-28(39-3)12-10-26)32(22-35-27)41-23-25-8-13-31-30(20-25)37(16-18-40-31)15-6-17-38-2/h4-5,7-14,20,24,27,29,32,35H,6,15-19,21-23H2,1-3H3,(H,34,36)/t24?,27-,29+,32-/m0/s1. The highest BCUT2D eigenvalue weighted by atomic mass is 16.5. The van der Waals surface area contributed by atoms with Crippen LogP contribution in [-0.4, -0.2) is 70.2 Å². The molecule has 41 heavy (non-hydrogen) atoms. The van der Waals surface area contributed by atoms with Crippen molar-refractivity contribution in [3.05, 3.63) is 78.0 Å². The van der Waals surface area contributed by atoms with Crippen LogP contribution in [0.5, 0.6) is 11.5 Å². The van der Waals surface area contributed by atoms with Crippen LogP contribution in [0, 0.1) is 0 Å². The van der Waals surface area contributed by atoms with Gasteiger partial charge in [-0.15, -0.1) is 0 Å². The summed E-state index contributed by atoms with van der Waals surface area (Å²) in [5, 5.41) is 7.32. The smallest absolute Gasteiger partial charge is 0.142 e. The molecule has 3 heterocycles. The number of nitrogens with one attached hydrogen (secondary N) is 2. The lowest BCUT2D eigenvalue weighted by atomic mass is 9.82. The van der Waals surface area contributed by atoms with Crippen LogP contribution in [0.2, 0.25) is 0 Å². The number of aromatic nitrogens is 1. The lowest BCUT2D eigenvalue weighted by molar-refractivity contribution is 0.00202. The number of rotatable bonds is 13. The molecule has 1 unspecified atom stereocenters. The van der Waals surface area contributed by atoms with Gasteiger partial charge in [0.05, 0.1) is 32.1 Å². The zero-order valence-electron chi connectivity index (χ0n) is 24.6. The van der Waals surface area contributed by atoms with Crippen molar-refractivity contribution in [1.82, 2.24) is 10.3 Å². The molecular weight excluding hydrogens is 516 g/mol. The molecular formula is C33H44N4O4. The van der Waals surface area contributed by atoms with E-state index in [1.54, 1.807) is 14.2 Å². The van der Waals surface area contributed by atoms with Crippen molar-refractivity contribution in [2.45, 2.75) is 56.9 Å². The van der Waals surface area contributed by atoms with Gasteiger partial charge in [0.1, 0.15) is 23.9 Å². The fourth-order valence-corrected chi connectivity index (χ4v) is 5.95. The minimum atomic E-state index is 0.0591. The highest BCUT2D eigenvalue weighted by molar-refractivity contribution is 5.61. The first kappa shape index (κ1) is 29.2. The number of nitrogens with zero attached hydrogens (tertiary/aromatic N) is 2. The van der Waals surface area contributed by atoms with E-state index in [0.29, 0.717) is 25.3 Å². The van der Waals surface area contributed by atoms with Crippen molar-refractivity contribution >= 4 is 11.5 Å². The maximum atomic E-state index is 6.67. The Morgan fingerprint density at radius 1 is 1.12 bits per heavy atom. The maximum Gasteiger partial charge on any atom is 0.142 e. The molecule has 0 spiro atoms. The Labute approximate surface area is 244 Å². The third-order valence-corrected chi connectivity index (χ3v) is 8.06. The van der Waals surface area contributed by atoms with Gasteiger partial charge >= 0.3 is 0 Å². The zero-order valence-corrected chi connectivity index (χ0v) is 24.6. The average Bonchev–Trinajstić information content (AvgIpc) is 3.01. The van der Waals surface area contributed by atoms with Gasteiger partial charge in [-0.05, 0) is 73.7 Å². The van der Waals surface area contributed by atoms with E-state index in [2.05, 4.69) is 69.9 Å². The summed E-state index contributed by atoms with van der Waals surface area (Å²) in [6, 6.07) is 21.5. The summed E-state index contributed by atoms with van der Waals surface area (Å²) >= 11 is 0. The van der Waals surface area contributed by atoms with Gasteiger partial charge in [0, 0.05) is 51.0 Å². The SMILES string of the molecule is COCCCN1CCOc2ccc(CO[C@H]3CN[C@@H](CC(C)Nc4ccccn4)C[C@@H]3c3ccc(OC)cc3)cc21. The van der Waals surface area contributed by atoms with E-state index in [-0.39, 0.29) is 12.0 Å². The van der Waals surface area contributed by atoms with Crippen LogP contribution in [0.1, 0.15) is 43.2 Å². The molecule has 0 radical (unpaired) electrons. The van der Waals surface area contributed by atoms with Crippen LogP contribution < -0.4 is 25.0 Å². The molecule has 8 nitrogen and oxygen atoms in total. The van der Waals surface area contributed by atoms with E-state index in [4.69, 9.17) is 18.9 Å². The third kappa shape index (κ3) is 7.91. The van der Waals surface area contributed by atoms with Crippen molar-refractivity contribution < 1.29 is 18.9 Å². The minimum Gasteiger partial charge on any atom is -0.497 e. The van der Waals surface area contributed by atoms with E-state index in [0.717, 1.165) is 74.1 Å². The predicted octanol–water partition coefficient (Wildman–Crippen LogP) is 5.25. The summed E-state index contributed by atoms with van der Waals surface area (Å²) in [5.74, 6) is 3.01. The number of benzene rings is 2. The fraction of sp³-hybridized carbons (Fsp3) is 0.485. The second kappa shape index (κ2) is 14.5. The molecule has 0 aliphatic carbocycles. The average molecular weight is 561 g/mol. The fourth-order valence-electron chi connectivity index (χ4n) is 5.95. The zero-order chi connectivity index (χ0) is 28.4. The van der Waals surface area contributed by atoms with Gasteiger partial charge in [0.25, 0.3) is 0 Å². The molecule has 8 heteroatoms. The third-order valence-electron chi connectivity index (χ3n) is 8.06. The molecule has 1 fully saturated rings. The number of ether oxygens (including phenoxy) is 4. The lowest BCUT2D eigenvalue weighted by Crippen LogP contribution is -2.48. The number of anilines is 2. The minimum absolute atomic E-state index is 0.0591. The van der Waals surface area contributed by atoms with Crippen LogP contribution in [-0.2, 0) is 16.1 Å². The summed E-state index contributed by atoms with van der Waals surface area (Å²) in [6.45, 7) is 6.90. The number of methoxy groups -OCH3 is 2. The largest absolute Gasteiger partial charge is 0.497 e. The van der Waals surface area contributed by atoms with Gasteiger partial charge in [0.2, 0.25) is 0 Å². The second-order valence-corrected chi connectivity index (χ2v) is 11.0. The highest BCUT2D eigenvalue weighted by Crippen LogP contribution is 2.35. The molecule has 4 atom stereocenters. The molecule has 1 aromatic heterocycles. The quantitative estimate of drug-likeness (QED) is 0.275. The van der Waals surface area contributed by atoms with E-state index >= 15 is 0 Å². The van der Waals surface area contributed by atoms with E-state index in [1.807, 2.05) is 24.4 Å². The number of hydrogen-bond acceptors (Lipinski definition) is 8. The predicted molar refractivity (Wildman–Crippen MR) is 163 cm³/mol. The van der Waals surface area contributed by atoms with Crippen LogP contribution >= 0.6 is 0 Å². The van der Waals surface area contributed by atoms with Gasteiger partial charge in [-0.3, -0.25) is 0 Å². The van der Waals surface area contributed by atoms with Crippen LogP contribution in [0.3, 0.4) is 0 Å². The van der Waals surface area contributed by atoms with E-state index in [9.17, 15) is 0 Å². The van der Waals surface area contributed by atoms with E-state index in [1.165, 1.54) is 5.56 Å². The molecule has 0 amide bonds. The number of fused-ring (bicyclic) bond motifs is 1. The van der Waals surface area contributed by atoms with Crippen LogP contribution in [0.15, 0.2) is 66.9 Å². The Bertz CT molecular complexity index is 1210. The molecule has 2 aromatic carbocycles. The Morgan fingerprint density at radius 3 is 2.78 bits per heavy atom. The van der Waals surface area contributed by atoms with Crippen molar-refractivity contribution in [3.8, 4) is 11.5 Å². The normalized spacial score (nSPS) is 21.0. The highest BCUT2D eigenvalue weighted by Gasteiger charge is 2.33. The molecule has 5 rings (SSSR count). The lowest BCUT2D eigenvalue weighted by Gasteiger charge is -2.38. The summed E-state index contributed by atoms with van der Waals surface area (Å²) in [5.41, 5.74) is 3.60. The number of hydrogen-bond donors (Lipinski definition) is 2. The Morgan fingerprint density at radius 2 is 2.00 bits per heavy atom. The summed E-state index contributed by atoms with van der Waals surface area (Å²) in [6.07, 6.45) is 4.87. The molecule has 0 saturated carbocycles. The van der Waals surface area contributed by atoms with Crippen molar-refractivity contribution in [2.24, 2.45) is 0 Å². The molecule has 2 N–H and O–H groups in total. The first-order valence-electron chi connectivity index (χ1n) is 14.8. The first-order chi connectivity index (χ1) is 20.1. The Kier molecular flexibility index (Phi) is 10.3. The van der Waals surface area contributed by atoms with Crippen molar-refractivity contribution in [3.63, 3.8) is 0 Å². The summed E-state index contributed by atoms with van der Waals surface area (Å²) < 4.78 is 23.3. The molecule has 3 aromatic rings. The topological polar surface area (TPSA) is 77.1 Å². The van der Waals surface area contributed by atoms with Crippen molar-refractivity contribution in [2.75, 3.05) is 57.3 Å². The molecule has 2 aliphatic rings. The Hall–Kier alpha value is -3.33. The number of piperidine rings is 1. The van der Waals surface area contributed by atoms with Crippen molar-refractivity contribution in [1.29, 1.82) is 0 Å². The summed E-state index contributed by atoms with van der Waals surface area (Å²) in [7, 11) is 3.46. The number of pyridine rings is 1. The van der Waals surface area contributed by atoms with Gasteiger partial charge in [-0.25, -0.2) is 4.98 Å². The Balaban J connectivity index is 1.25. The molecule has 0 bridgehead atoms. The molecule has 2 aliphatic heterocycles. The van der Waals surface area contributed by atoms with Gasteiger partial charge < -0.3 is 34.5 Å². The first-order valence-corrected chi connectivity index (χ1v) is 14.8. The van der Waals surface area contributed by atoms with E-state index < -0.39 is 0 Å². The monoisotopic (exact) mass is 560 g/mol. The van der Waals surface area contributed by atoms with Gasteiger partial charge in [0.15, 0.2) is 0 Å². The second-order valence-electron chi connectivity index (χ2n) is 11.0. The van der Waals surface area contributed by atoms with Crippen LogP contribution in [0.25, 0.3) is 0 Å². The summed E-state index contributed by atoms with van der Waals surface area (Å²) in [4.78, 5) is 6.82.